The monoisotopic (exact) mass is 530 g/mol. The number of hydrogen-bond donors (Lipinski definition) is 0. The first-order valence-electron chi connectivity index (χ1n) is 14.6. The van der Waals surface area contributed by atoms with Crippen molar-refractivity contribution in [2.24, 2.45) is 0 Å². The highest BCUT2D eigenvalue weighted by molar-refractivity contribution is 6.29. The lowest BCUT2D eigenvalue weighted by atomic mass is 9.83. The normalized spacial score (nSPS) is 11.8. The van der Waals surface area contributed by atoms with Gasteiger partial charge in [-0.3, -0.25) is 0 Å². The van der Waals surface area contributed by atoms with Gasteiger partial charge in [-0.05, 0) is 99.0 Å². The Hall–Kier alpha value is -5.46. The van der Waals surface area contributed by atoms with Crippen LogP contribution in [0.25, 0.3) is 86.9 Å². The van der Waals surface area contributed by atoms with Crippen molar-refractivity contribution >= 4 is 64.6 Å². The Morgan fingerprint density at radius 1 is 0.238 bits per heavy atom. The molecule has 0 aromatic heterocycles. The SMILES string of the molecule is c1ccc2cc3c(-c4cccc5ccccc45)c(-c4cccc5c6ccccc6c6ccccc6c45)ccc3cc2c1. The minimum atomic E-state index is 1.26. The molecule has 0 aliphatic heterocycles. The predicted molar refractivity (Wildman–Crippen MR) is 182 cm³/mol. The van der Waals surface area contributed by atoms with Crippen molar-refractivity contribution in [2.45, 2.75) is 0 Å². The van der Waals surface area contributed by atoms with E-state index in [2.05, 4.69) is 158 Å². The second-order valence-electron chi connectivity index (χ2n) is 11.3. The van der Waals surface area contributed by atoms with Crippen molar-refractivity contribution < 1.29 is 0 Å². The third-order valence-electron chi connectivity index (χ3n) is 9.00. The van der Waals surface area contributed by atoms with Crippen molar-refractivity contribution in [3.63, 3.8) is 0 Å². The largest absolute Gasteiger partial charge is 0.0616 e. The molecule has 0 fully saturated rings. The summed E-state index contributed by atoms with van der Waals surface area (Å²) >= 11 is 0. The summed E-state index contributed by atoms with van der Waals surface area (Å²) in [6.07, 6.45) is 0. The van der Waals surface area contributed by atoms with E-state index in [-0.39, 0.29) is 0 Å². The highest BCUT2D eigenvalue weighted by Crippen LogP contribution is 2.46. The fraction of sp³-hybridized carbons (Fsp3) is 0. The first-order valence-corrected chi connectivity index (χ1v) is 14.6. The number of fused-ring (bicyclic) bond motifs is 9. The molecule has 0 aliphatic carbocycles. The summed E-state index contributed by atoms with van der Waals surface area (Å²) in [5.74, 6) is 0. The van der Waals surface area contributed by atoms with Crippen LogP contribution in [0.3, 0.4) is 0 Å². The fourth-order valence-corrected chi connectivity index (χ4v) is 7.15. The minimum absolute atomic E-state index is 1.26. The van der Waals surface area contributed by atoms with Gasteiger partial charge in [0.2, 0.25) is 0 Å². The van der Waals surface area contributed by atoms with Crippen LogP contribution in [0, 0.1) is 0 Å². The van der Waals surface area contributed by atoms with E-state index in [1.165, 1.54) is 86.9 Å². The van der Waals surface area contributed by atoms with Gasteiger partial charge in [-0.2, -0.15) is 0 Å². The Morgan fingerprint density at radius 2 is 0.738 bits per heavy atom. The number of rotatable bonds is 2. The second-order valence-corrected chi connectivity index (χ2v) is 11.3. The van der Waals surface area contributed by atoms with Crippen molar-refractivity contribution in [3.8, 4) is 22.3 Å². The molecule has 0 heteroatoms. The Bertz CT molecular complexity index is 2460. The maximum atomic E-state index is 2.39. The zero-order chi connectivity index (χ0) is 27.6. The van der Waals surface area contributed by atoms with Gasteiger partial charge in [-0.25, -0.2) is 0 Å². The standard InChI is InChI=1S/C42H26/c1-2-13-29-26-40-30(25-28(29)12-1)23-24-39(42(40)35-20-9-14-27-11-3-4-15-31(27)35)38-22-10-21-37-34-17-6-5-16-32(34)33-18-7-8-19-36(33)41(37)38/h1-26H. The van der Waals surface area contributed by atoms with Crippen LogP contribution in [0.5, 0.6) is 0 Å². The Balaban J connectivity index is 1.50. The van der Waals surface area contributed by atoms with Crippen molar-refractivity contribution in [1.82, 2.24) is 0 Å². The number of benzene rings is 9. The molecule has 0 aliphatic rings. The molecule has 194 valence electrons. The van der Waals surface area contributed by atoms with Gasteiger partial charge in [0.05, 0.1) is 0 Å². The van der Waals surface area contributed by atoms with Gasteiger partial charge in [0, 0.05) is 0 Å². The average Bonchev–Trinajstić information content (AvgIpc) is 3.06. The molecule has 0 saturated carbocycles. The quantitative estimate of drug-likeness (QED) is 0.154. The summed E-state index contributed by atoms with van der Waals surface area (Å²) in [6.45, 7) is 0. The minimum Gasteiger partial charge on any atom is -0.0616 e. The molecule has 42 heavy (non-hydrogen) atoms. The second kappa shape index (κ2) is 9.03. The van der Waals surface area contributed by atoms with Crippen LogP contribution in [0.4, 0.5) is 0 Å². The van der Waals surface area contributed by atoms with E-state index in [1.54, 1.807) is 0 Å². The first kappa shape index (κ1) is 23.3. The third-order valence-corrected chi connectivity index (χ3v) is 9.00. The lowest BCUT2D eigenvalue weighted by molar-refractivity contribution is 1.66. The molecule has 9 rings (SSSR count). The molecule has 0 spiro atoms. The van der Waals surface area contributed by atoms with E-state index in [9.17, 15) is 0 Å². The zero-order valence-corrected chi connectivity index (χ0v) is 23.0. The summed E-state index contributed by atoms with van der Waals surface area (Å²) < 4.78 is 0. The molecule has 0 heterocycles. The molecule has 0 unspecified atom stereocenters. The molecule has 0 radical (unpaired) electrons. The third kappa shape index (κ3) is 3.36. The maximum Gasteiger partial charge on any atom is -0.00201 e. The molecule has 9 aromatic carbocycles. The van der Waals surface area contributed by atoms with Gasteiger partial charge in [-0.1, -0.05) is 146 Å². The van der Waals surface area contributed by atoms with Gasteiger partial charge < -0.3 is 0 Å². The van der Waals surface area contributed by atoms with E-state index in [0.29, 0.717) is 0 Å². The molecule has 0 bridgehead atoms. The van der Waals surface area contributed by atoms with E-state index in [1.807, 2.05) is 0 Å². The Labute approximate surface area is 244 Å². The van der Waals surface area contributed by atoms with Crippen LogP contribution >= 0.6 is 0 Å². The summed E-state index contributed by atoms with van der Waals surface area (Å²) in [5, 5.41) is 15.4. The lowest BCUT2D eigenvalue weighted by Crippen LogP contribution is -1.92. The predicted octanol–water partition coefficient (Wildman–Crippen LogP) is 11.9. The van der Waals surface area contributed by atoms with Crippen LogP contribution in [-0.2, 0) is 0 Å². The van der Waals surface area contributed by atoms with Gasteiger partial charge in [0.25, 0.3) is 0 Å². The lowest BCUT2D eigenvalue weighted by Gasteiger charge is -2.19. The molecule has 0 saturated heterocycles. The zero-order valence-electron chi connectivity index (χ0n) is 23.0. The fourth-order valence-electron chi connectivity index (χ4n) is 7.15. The van der Waals surface area contributed by atoms with Crippen molar-refractivity contribution in [1.29, 1.82) is 0 Å². The maximum absolute atomic E-state index is 2.39. The summed E-state index contributed by atoms with van der Waals surface area (Å²) in [5.41, 5.74) is 5.10. The summed E-state index contributed by atoms with van der Waals surface area (Å²) in [6, 6.07) is 58.2. The first-order chi connectivity index (χ1) is 20.8. The topological polar surface area (TPSA) is 0 Å². The van der Waals surface area contributed by atoms with Gasteiger partial charge in [0.15, 0.2) is 0 Å². The van der Waals surface area contributed by atoms with Gasteiger partial charge in [0.1, 0.15) is 0 Å². The smallest absolute Gasteiger partial charge is 0.00201 e. The van der Waals surface area contributed by atoms with Crippen molar-refractivity contribution in [3.05, 3.63) is 158 Å². The van der Waals surface area contributed by atoms with Gasteiger partial charge >= 0.3 is 0 Å². The highest BCUT2D eigenvalue weighted by Gasteiger charge is 2.19. The summed E-state index contributed by atoms with van der Waals surface area (Å²) in [7, 11) is 0. The Morgan fingerprint density at radius 3 is 1.48 bits per heavy atom. The Kier molecular flexibility index (Phi) is 5.00. The number of hydrogen-bond acceptors (Lipinski definition) is 0. The van der Waals surface area contributed by atoms with Crippen LogP contribution in [0.1, 0.15) is 0 Å². The molecular weight excluding hydrogens is 504 g/mol. The molecule has 0 amide bonds. The molecular formula is C42H26. The average molecular weight is 531 g/mol. The van der Waals surface area contributed by atoms with Crippen LogP contribution in [0.15, 0.2) is 158 Å². The molecule has 0 nitrogen and oxygen atoms in total. The van der Waals surface area contributed by atoms with Crippen molar-refractivity contribution in [2.75, 3.05) is 0 Å². The van der Waals surface area contributed by atoms with E-state index >= 15 is 0 Å². The van der Waals surface area contributed by atoms with Crippen LogP contribution < -0.4 is 0 Å². The van der Waals surface area contributed by atoms with Gasteiger partial charge in [-0.15, -0.1) is 0 Å². The summed E-state index contributed by atoms with van der Waals surface area (Å²) in [4.78, 5) is 0. The van der Waals surface area contributed by atoms with Crippen LogP contribution in [-0.4, -0.2) is 0 Å². The highest BCUT2D eigenvalue weighted by atomic mass is 14.2. The molecule has 9 aromatic rings. The van der Waals surface area contributed by atoms with E-state index < -0.39 is 0 Å². The van der Waals surface area contributed by atoms with E-state index in [0.717, 1.165) is 0 Å². The molecule has 0 N–H and O–H groups in total. The van der Waals surface area contributed by atoms with E-state index in [4.69, 9.17) is 0 Å². The van der Waals surface area contributed by atoms with Crippen LogP contribution in [0.2, 0.25) is 0 Å². The molecule has 0 atom stereocenters.